The van der Waals surface area contributed by atoms with Crippen LogP contribution in [0.2, 0.25) is 0 Å². The van der Waals surface area contributed by atoms with Crippen molar-refractivity contribution in [3.8, 4) is 0 Å². The van der Waals surface area contributed by atoms with Crippen LogP contribution in [0.5, 0.6) is 0 Å². The molecule has 0 spiro atoms. The standard InChI is InChI=1S/C10H14NP/c11-12-8-4-7-10(12)9-5-2-1-3-6-9/h1-3,5-6,10H,4,7-8,11H2. The summed E-state index contributed by atoms with van der Waals surface area (Å²) in [7, 11) is -0.205. The number of nitrogens with two attached hydrogens (primary N) is 1. The van der Waals surface area contributed by atoms with Gasteiger partial charge in [0.25, 0.3) is 0 Å². The summed E-state index contributed by atoms with van der Waals surface area (Å²) in [5.74, 6) is 0. The van der Waals surface area contributed by atoms with Gasteiger partial charge < -0.3 is 5.50 Å². The summed E-state index contributed by atoms with van der Waals surface area (Å²) >= 11 is 0. The van der Waals surface area contributed by atoms with Gasteiger partial charge in [0.15, 0.2) is 0 Å². The second-order valence-corrected chi connectivity index (χ2v) is 5.41. The zero-order valence-corrected chi connectivity index (χ0v) is 8.00. The minimum atomic E-state index is -0.205. The molecular formula is C10H14NP. The van der Waals surface area contributed by atoms with Gasteiger partial charge in [0, 0.05) is 5.66 Å². The van der Waals surface area contributed by atoms with Crippen LogP contribution in [0.15, 0.2) is 30.3 Å². The highest BCUT2D eigenvalue weighted by Gasteiger charge is 2.24. The fourth-order valence-corrected chi connectivity index (χ4v) is 3.75. The van der Waals surface area contributed by atoms with Crippen LogP contribution >= 0.6 is 8.07 Å². The van der Waals surface area contributed by atoms with Crippen LogP contribution in [0.4, 0.5) is 0 Å². The maximum Gasteiger partial charge on any atom is 0.0170 e. The van der Waals surface area contributed by atoms with Gasteiger partial charge in [-0.15, -0.1) is 0 Å². The van der Waals surface area contributed by atoms with Crippen molar-refractivity contribution < 1.29 is 0 Å². The van der Waals surface area contributed by atoms with Gasteiger partial charge in [0.2, 0.25) is 0 Å². The Morgan fingerprint density at radius 2 is 2.00 bits per heavy atom. The number of benzene rings is 1. The topological polar surface area (TPSA) is 26.0 Å². The number of hydrogen-bond acceptors (Lipinski definition) is 1. The quantitative estimate of drug-likeness (QED) is 0.659. The van der Waals surface area contributed by atoms with E-state index < -0.39 is 0 Å². The van der Waals surface area contributed by atoms with E-state index in [2.05, 4.69) is 30.3 Å². The van der Waals surface area contributed by atoms with Gasteiger partial charge in [0.05, 0.1) is 0 Å². The molecule has 0 aromatic heterocycles. The SMILES string of the molecule is NP1CCCC1c1ccccc1. The predicted molar refractivity (Wildman–Crippen MR) is 54.4 cm³/mol. The summed E-state index contributed by atoms with van der Waals surface area (Å²) in [4.78, 5) is 0. The van der Waals surface area contributed by atoms with Crippen molar-refractivity contribution in [2.75, 3.05) is 6.16 Å². The molecule has 12 heavy (non-hydrogen) atoms. The van der Waals surface area contributed by atoms with Crippen LogP contribution in [-0.4, -0.2) is 6.16 Å². The lowest BCUT2D eigenvalue weighted by Crippen LogP contribution is -1.96. The van der Waals surface area contributed by atoms with Crippen molar-refractivity contribution in [2.24, 2.45) is 5.50 Å². The zero-order valence-electron chi connectivity index (χ0n) is 7.11. The van der Waals surface area contributed by atoms with Crippen LogP contribution in [0.1, 0.15) is 24.1 Å². The normalized spacial score (nSPS) is 29.1. The molecule has 0 saturated carbocycles. The summed E-state index contributed by atoms with van der Waals surface area (Å²) < 4.78 is 0. The lowest BCUT2D eigenvalue weighted by molar-refractivity contribution is 0.826. The summed E-state index contributed by atoms with van der Waals surface area (Å²) in [5.41, 5.74) is 8.21. The lowest BCUT2D eigenvalue weighted by atomic mass is 10.1. The molecule has 1 aliphatic rings. The third-order valence-corrected chi connectivity index (χ3v) is 4.67. The Morgan fingerprint density at radius 1 is 1.25 bits per heavy atom. The molecule has 2 rings (SSSR count). The molecule has 64 valence electrons. The molecule has 0 radical (unpaired) electrons. The molecule has 1 nitrogen and oxygen atoms in total. The van der Waals surface area contributed by atoms with Crippen molar-refractivity contribution in [3.05, 3.63) is 35.9 Å². The van der Waals surface area contributed by atoms with Crippen LogP contribution in [-0.2, 0) is 0 Å². The third kappa shape index (κ3) is 1.53. The summed E-state index contributed by atoms with van der Waals surface area (Å²) in [6.07, 6.45) is 3.88. The molecule has 0 aliphatic carbocycles. The molecule has 1 aromatic carbocycles. The highest BCUT2D eigenvalue weighted by atomic mass is 31.1. The molecule has 1 fully saturated rings. The van der Waals surface area contributed by atoms with E-state index in [-0.39, 0.29) is 8.07 Å². The highest BCUT2D eigenvalue weighted by molar-refractivity contribution is 7.55. The van der Waals surface area contributed by atoms with Gasteiger partial charge in [-0.3, -0.25) is 0 Å². The Hall–Kier alpha value is -0.390. The first kappa shape index (κ1) is 8.22. The van der Waals surface area contributed by atoms with Gasteiger partial charge in [-0.05, 0) is 32.6 Å². The Kier molecular flexibility index (Phi) is 2.43. The van der Waals surface area contributed by atoms with E-state index in [1.54, 1.807) is 0 Å². The molecule has 1 saturated heterocycles. The molecule has 2 heteroatoms. The van der Waals surface area contributed by atoms with E-state index >= 15 is 0 Å². The second-order valence-electron chi connectivity index (χ2n) is 3.31. The summed E-state index contributed by atoms with van der Waals surface area (Å²) in [6, 6.07) is 10.7. The van der Waals surface area contributed by atoms with E-state index in [0.29, 0.717) is 5.66 Å². The van der Waals surface area contributed by atoms with Crippen molar-refractivity contribution in [2.45, 2.75) is 18.5 Å². The highest BCUT2D eigenvalue weighted by Crippen LogP contribution is 2.53. The predicted octanol–water partition coefficient (Wildman–Crippen LogP) is 2.88. The van der Waals surface area contributed by atoms with E-state index in [1.807, 2.05) is 0 Å². The number of rotatable bonds is 1. The largest absolute Gasteiger partial charge is 0.309 e. The first-order valence-corrected chi connectivity index (χ1v) is 6.11. The molecule has 0 bridgehead atoms. The molecule has 2 unspecified atom stereocenters. The van der Waals surface area contributed by atoms with Crippen molar-refractivity contribution in [3.63, 3.8) is 0 Å². The lowest BCUT2D eigenvalue weighted by Gasteiger charge is -2.15. The van der Waals surface area contributed by atoms with Crippen LogP contribution in [0, 0.1) is 0 Å². The monoisotopic (exact) mass is 179 g/mol. The fourth-order valence-electron chi connectivity index (χ4n) is 1.82. The molecule has 0 amide bonds. The minimum absolute atomic E-state index is 0.205. The summed E-state index contributed by atoms with van der Waals surface area (Å²) in [5, 5.41) is 0. The van der Waals surface area contributed by atoms with E-state index in [0.717, 1.165) is 0 Å². The third-order valence-electron chi connectivity index (χ3n) is 2.48. The maximum absolute atomic E-state index is 6.08. The Bertz CT molecular complexity index is 247. The van der Waals surface area contributed by atoms with E-state index in [1.165, 1.54) is 24.6 Å². The first-order chi connectivity index (χ1) is 5.88. The smallest absolute Gasteiger partial charge is 0.0170 e. The van der Waals surface area contributed by atoms with Crippen LogP contribution in [0.25, 0.3) is 0 Å². The van der Waals surface area contributed by atoms with Gasteiger partial charge in [0.1, 0.15) is 0 Å². The molecule has 2 atom stereocenters. The zero-order chi connectivity index (χ0) is 8.39. The van der Waals surface area contributed by atoms with Gasteiger partial charge in [-0.25, -0.2) is 0 Å². The molecule has 1 aromatic rings. The first-order valence-electron chi connectivity index (χ1n) is 4.44. The summed E-state index contributed by atoms with van der Waals surface area (Å²) in [6.45, 7) is 0. The van der Waals surface area contributed by atoms with E-state index in [4.69, 9.17) is 5.50 Å². The Labute approximate surface area is 74.8 Å². The second kappa shape index (κ2) is 3.55. The Balaban J connectivity index is 2.19. The Morgan fingerprint density at radius 3 is 2.58 bits per heavy atom. The van der Waals surface area contributed by atoms with Crippen molar-refractivity contribution in [1.82, 2.24) is 0 Å². The molecular weight excluding hydrogens is 165 g/mol. The average Bonchev–Trinajstić information content (AvgIpc) is 2.53. The molecule has 1 aliphatic heterocycles. The van der Waals surface area contributed by atoms with Crippen molar-refractivity contribution in [1.29, 1.82) is 0 Å². The average molecular weight is 179 g/mol. The maximum atomic E-state index is 6.08. The molecule has 2 N–H and O–H groups in total. The van der Waals surface area contributed by atoms with Crippen LogP contribution in [0.3, 0.4) is 0 Å². The fraction of sp³-hybridized carbons (Fsp3) is 0.400. The van der Waals surface area contributed by atoms with Gasteiger partial charge in [-0.1, -0.05) is 30.3 Å². The molecule has 1 heterocycles. The van der Waals surface area contributed by atoms with E-state index in [9.17, 15) is 0 Å². The van der Waals surface area contributed by atoms with Gasteiger partial charge in [-0.2, -0.15) is 0 Å². The number of hydrogen-bond donors (Lipinski definition) is 1. The van der Waals surface area contributed by atoms with Gasteiger partial charge >= 0.3 is 0 Å². The van der Waals surface area contributed by atoms with Crippen LogP contribution < -0.4 is 5.50 Å². The minimum Gasteiger partial charge on any atom is -0.309 e. The van der Waals surface area contributed by atoms with Crippen molar-refractivity contribution >= 4 is 8.07 Å².